The standard InChI is InChI=1S/C9H9N3O3S/c10-4-1-2-7-3-5-12-8(6-7)16(14,15)9(11)13/h3,5-6H,1-2H2,(H2,11,13). The molecule has 0 aliphatic heterocycles. The highest BCUT2D eigenvalue weighted by Gasteiger charge is 2.23. The van der Waals surface area contributed by atoms with E-state index in [9.17, 15) is 13.2 Å². The lowest BCUT2D eigenvalue weighted by Gasteiger charge is -2.01. The molecule has 84 valence electrons. The van der Waals surface area contributed by atoms with Crippen molar-refractivity contribution in [3.05, 3.63) is 23.9 Å². The summed E-state index contributed by atoms with van der Waals surface area (Å²) in [5.74, 6) is 0. The number of carbonyl (C=O) groups excluding carboxylic acids is 1. The van der Waals surface area contributed by atoms with Gasteiger partial charge in [-0.2, -0.15) is 5.26 Å². The van der Waals surface area contributed by atoms with E-state index in [-0.39, 0.29) is 11.4 Å². The molecule has 0 radical (unpaired) electrons. The molecule has 1 amide bonds. The van der Waals surface area contributed by atoms with Crippen LogP contribution >= 0.6 is 0 Å². The van der Waals surface area contributed by atoms with Crippen molar-refractivity contribution in [3.63, 3.8) is 0 Å². The number of aromatic nitrogens is 1. The molecule has 0 atom stereocenters. The fourth-order valence-corrected chi connectivity index (χ4v) is 1.77. The van der Waals surface area contributed by atoms with Crippen LogP contribution in [0.5, 0.6) is 0 Å². The Morgan fingerprint density at radius 3 is 2.81 bits per heavy atom. The number of rotatable bonds is 3. The van der Waals surface area contributed by atoms with E-state index in [1.165, 1.54) is 12.3 Å². The summed E-state index contributed by atoms with van der Waals surface area (Å²) >= 11 is 0. The van der Waals surface area contributed by atoms with Gasteiger partial charge >= 0.3 is 5.24 Å². The van der Waals surface area contributed by atoms with Gasteiger partial charge in [-0.1, -0.05) is 0 Å². The molecule has 0 unspecified atom stereocenters. The SMILES string of the molecule is N#CCCc1ccnc(S(=O)(=O)C(N)=O)c1. The Labute approximate surface area is 92.6 Å². The number of pyridine rings is 1. The summed E-state index contributed by atoms with van der Waals surface area (Å²) in [7, 11) is -4.18. The van der Waals surface area contributed by atoms with Crippen molar-refractivity contribution < 1.29 is 13.2 Å². The molecule has 1 aromatic heterocycles. The van der Waals surface area contributed by atoms with E-state index in [2.05, 4.69) is 4.98 Å². The summed E-state index contributed by atoms with van der Waals surface area (Å²) in [6.45, 7) is 0. The zero-order valence-electron chi connectivity index (χ0n) is 8.25. The average Bonchev–Trinajstić information content (AvgIpc) is 2.26. The van der Waals surface area contributed by atoms with E-state index < -0.39 is 15.1 Å². The molecule has 0 aliphatic rings. The van der Waals surface area contributed by atoms with E-state index >= 15 is 0 Å². The largest absolute Gasteiger partial charge is 0.356 e. The van der Waals surface area contributed by atoms with Crippen LogP contribution in [0.2, 0.25) is 0 Å². The Morgan fingerprint density at radius 2 is 2.25 bits per heavy atom. The van der Waals surface area contributed by atoms with Crippen LogP contribution in [-0.2, 0) is 16.3 Å². The van der Waals surface area contributed by atoms with Crippen molar-refractivity contribution in [2.75, 3.05) is 0 Å². The van der Waals surface area contributed by atoms with Gasteiger partial charge in [0.25, 0.3) is 9.84 Å². The Balaban J connectivity index is 3.09. The first-order chi connectivity index (χ1) is 7.48. The minimum atomic E-state index is -4.18. The van der Waals surface area contributed by atoms with Gasteiger partial charge in [0.05, 0.1) is 6.07 Å². The van der Waals surface area contributed by atoms with Crippen LogP contribution in [0, 0.1) is 11.3 Å². The number of amides is 1. The third kappa shape index (κ3) is 2.55. The van der Waals surface area contributed by atoms with Crippen LogP contribution in [0.15, 0.2) is 23.4 Å². The summed E-state index contributed by atoms with van der Waals surface area (Å²) in [6.07, 6.45) is 1.93. The molecule has 0 saturated carbocycles. The second-order valence-corrected chi connectivity index (χ2v) is 4.81. The van der Waals surface area contributed by atoms with Gasteiger partial charge in [-0.15, -0.1) is 0 Å². The maximum atomic E-state index is 11.4. The number of nitrogens with zero attached hydrogens (tertiary/aromatic N) is 2. The summed E-state index contributed by atoms with van der Waals surface area (Å²) in [6, 6.07) is 4.76. The van der Waals surface area contributed by atoms with Gasteiger partial charge in [-0.25, -0.2) is 13.4 Å². The number of sulfone groups is 1. The molecule has 0 aliphatic carbocycles. The van der Waals surface area contributed by atoms with Crippen LogP contribution in [0.1, 0.15) is 12.0 Å². The predicted molar refractivity (Wildman–Crippen MR) is 54.9 cm³/mol. The fraction of sp³-hybridized carbons (Fsp3) is 0.222. The van der Waals surface area contributed by atoms with E-state index in [0.29, 0.717) is 12.0 Å². The summed E-state index contributed by atoms with van der Waals surface area (Å²) in [4.78, 5) is 14.3. The second kappa shape index (κ2) is 4.72. The van der Waals surface area contributed by atoms with E-state index in [0.717, 1.165) is 0 Å². The summed E-state index contributed by atoms with van der Waals surface area (Å²) in [5, 5.41) is 6.57. The molecule has 1 heterocycles. The monoisotopic (exact) mass is 239 g/mol. The van der Waals surface area contributed by atoms with Crippen molar-refractivity contribution in [1.29, 1.82) is 5.26 Å². The van der Waals surface area contributed by atoms with Crippen LogP contribution < -0.4 is 5.73 Å². The Hall–Kier alpha value is -1.94. The molecule has 7 heteroatoms. The molecule has 0 fully saturated rings. The van der Waals surface area contributed by atoms with Gasteiger partial charge in [0.15, 0.2) is 5.03 Å². The highest BCUT2D eigenvalue weighted by Crippen LogP contribution is 2.11. The Kier molecular flexibility index (Phi) is 3.58. The average molecular weight is 239 g/mol. The van der Waals surface area contributed by atoms with Crippen LogP contribution in [0.3, 0.4) is 0 Å². The van der Waals surface area contributed by atoms with Gasteiger partial charge in [0.2, 0.25) is 0 Å². The van der Waals surface area contributed by atoms with E-state index in [1.807, 2.05) is 6.07 Å². The predicted octanol–water partition coefficient (Wildman–Crippen LogP) is 0.390. The highest BCUT2D eigenvalue weighted by molar-refractivity contribution is 8.05. The van der Waals surface area contributed by atoms with Crippen molar-refractivity contribution in [3.8, 4) is 6.07 Å². The number of nitriles is 1. The molecule has 2 N–H and O–H groups in total. The van der Waals surface area contributed by atoms with Crippen LogP contribution in [0.4, 0.5) is 4.79 Å². The molecule has 0 saturated heterocycles. The van der Waals surface area contributed by atoms with Crippen molar-refractivity contribution in [2.24, 2.45) is 5.73 Å². The minimum Gasteiger partial charge on any atom is -0.356 e. The van der Waals surface area contributed by atoms with Gasteiger partial charge in [-0.05, 0) is 24.1 Å². The second-order valence-electron chi connectivity index (χ2n) is 2.98. The number of hydrogen-bond acceptors (Lipinski definition) is 5. The zero-order valence-corrected chi connectivity index (χ0v) is 9.07. The lowest BCUT2D eigenvalue weighted by atomic mass is 10.2. The number of primary amides is 1. The van der Waals surface area contributed by atoms with Crippen LogP contribution in [0.25, 0.3) is 0 Å². The molecule has 0 spiro atoms. The molecule has 1 aromatic rings. The van der Waals surface area contributed by atoms with Gasteiger partial charge in [-0.3, -0.25) is 4.79 Å². The van der Waals surface area contributed by atoms with E-state index in [1.54, 1.807) is 6.07 Å². The molecular formula is C9H9N3O3S. The van der Waals surface area contributed by atoms with Crippen molar-refractivity contribution >= 4 is 15.1 Å². The summed E-state index contributed by atoms with van der Waals surface area (Å²) in [5.41, 5.74) is 5.35. The quantitative estimate of drug-likeness (QED) is 0.819. The molecule has 16 heavy (non-hydrogen) atoms. The van der Waals surface area contributed by atoms with Gasteiger partial charge < -0.3 is 5.73 Å². The molecule has 6 nitrogen and oxygen atoms in total. The van der Waals surface area contributed by atoms with Gasteiger partial charge in [0, 0.05) is 12.6 Å². The Bertz CT molecular complexity index is 545. The van der Waals surface area contributed by atoms with Crippen molar-refractivity contribution in [1.82, 2.24) is 4.98 Å². The maximum absolute atomic E-state index is 11.4. The number of aryl methyl sites for hydroxylation is 1. The molecular weight excluding hydrogens is 230 g/mol. The third-order valence-electron chi connectivity index (χ3n) is 1.86. The fourth-order valence-electron chi connectivity index (χ4n) is 1.06. The molecule has 1 rings (SSSR count). The van der Waals surface area contributed by atoms with Crippen LogP contribution in [-0.4, -0.2) is 18.6 Å². The first kappa shape index (κ1) is 12.1. The summed E-state index contributed by atoms with van der Waals surface area (Å²) < 4.78 is 22.7. The highest BCUT2D eigenvalue weighted by atomic mass is 32.2. The smallest absolute Gasteiger partial charge is 0.340 e. The van der Waals surface area contributed by atoms with E-state index in [4.69, 9.17) is 11.0 Å². The topological polar surface area (TPSA) is 114 Å². The third-order valence-corrected chi connectivity index (χ3v) is 3.17. The number of hydrogen-bond donors (Lipinski definition) is 1. The Morgan fingerprint density at radius 1 is 1.56 bits per heavy atom. The van der Waals surface area contributed by atoms with Crippen molar-refractivity contribution in [2.45, 2.75) is 17.9 Å². The normalized spacial score (nSPS) is 10.7. The maximum Gasteiger partial charge on any atom is 0.340 e. The lowest BCUT2D eigenvalue weighted by molar-refractivity contribution is 0.265. The molecule has 0 aromatic carbocycles. The first-order valence-corrected chi connectivity index (χ1v) is 5.83. The molecule has 0 bridgehead atoms. The first-order valence-electron chi connectivity index (χ1n) is 4.35. The zero-order chi connectivity index (χ0) is 12.2. The number of nitrogens with two attached hydrogens (primary N) is 1. The van der Waals surface area contributed by atoms with Gasteiger partial charge in [0.1, 0.15) is 0 Å². The lowest BCUT2D eigenvalue weighted by Crippen LogP contribution is -2.22. The number of carbonyl (C=O) groups is 1. The minimum absolute atomic E-state index is 0.264.